The van der Waals surface area contributed by atoms with Crippen LogP contribution in [0.15, 0.2) is 29.2 Å². The van der Waals surface area contributed by atoms with Gasteiger partial charge in [-0.15, -0.1) is 24.2 Å². The molecule has 96 valence electrons. The lowest BCUT2D eigenvalue weighted by atomic mass is 10.1. The van der Waals surface area contributed by atoms with Crippen molar-refractivity contribution in [2.45, 2.75) is 24.4 Å². The van der Waals surface area contributed by atoms with Gasteiger partial charge in [0.05, 0.1) is 0 Å². The molecule has 1 aromatic rings. The SMILES string of the molecule is CSc1ccc(CN2CCN[C@H](C)C2)cc1.Cl. The highest BCUT2D eigenvalue weighted by molar-refractivity contribution is 7.98. The predicted molar refractivity (Wildman–Crippen MR) is 78.2 cm³/mol. The maximum atomic E-state index is 3.47. The van der Waals surface area contributed by atoms with Crippen molar-refractivity contribution < 1.29 is 0 Å². The standard InChI is InChI=1S/C13H20N2S.ClH/c1-11-9-15(8-7-14-11)10-12-3-5-13(16-2)6-4-12;/h3-6,11,14H,7-10H2,1-2H3;1H/t11-;/m1./s1. The van der Waals surface area contributed by atoms with E-state index in [1.54, 1.807) is 11.8 Å². The van der Waals surface area contributed by atoms with E-state index in [2.05, 4.69) is 47.7 Å². The summed E-state index contributed by atoms with van der Waals surface area (Å²) in [7, 11) is 0. The van der Waals surface area contributed by atoms with Crippen LogP contribution >= 0.6 is 24.2 Å². The Morgan fingerprint density at radius 2 is 2.06 bits per heavy atom. The zero-order chi connectivity index (χ0) is 11.4. The molecule has 0 spiro atoms. The number of thioether (sulfide) groups is 1. The molecular weight excluding hydrogens is 252 g/mol. The van der Waals surface area contributed by atoms with E-state index in [4.69, 9.17) is 0 Å². The third-order valence-corrected chi connectivity index (χ3v) is 3.76. The fraction of sp³-hybridized carbons (Fsp3) is 0.538. The quantitative estimate of drug-likeness (QED) is 0.852. The monoisotopic (exact) mass is 272 g/mol. The van der Waals surface area contributed by atoms with Crippen LogP contribution in [0.3, 0.4) is 0 Å². The van der Waals surface area contributed by atoms with E-state index in [-0.39, 0.29) is 12.4 Å². The van der Waals surface area contributed by atoms with Gasteiger partial charge >= 0.3 is 0 Å². The molecule has 0 radical (unpaired) electrons. The van der Waals surface area contributed by atoms with E-state index >= 15 is 0 Å². The summed E-state index contributed by atoms with van der Waals surface area (Å²) in [5.41, 5.74) is 1.42. The van der Waals surface area contributed by atoms with Gasteiger partial charge in [0.15, 0.2) is 0 Å². The summed E-state index contributed by atoms with van der Waals surface area (Å²) in [6.07, 6.45) is 2.12. The Morgan fingerprint density at radius 3 is 2.65 bits per heavy atom. The van der Waals surface area contributed by atoms with Gasteiger partial charge in [-0.1, -0.05) is 12.1 Å². The van der Waals surface area contributed by atoms with E-state index in [1.165, 1.54) is 10.5 Å². The van der Waals surface area contributed by atoms with Gasteiger partial charge in [0, 0.05) is 37.1 Å². The summed E-state index contributed by atoms with van der Waals surface area (Å²) in [5, 5.41) is 3.47. The van der Waals surface area contributed by atoms with Crippen molar-refractivity contribution in [1.29, 1.82) is 0 Å². The van der Waals surface area contributed by atoms with Gasteiger partial charge in [0.25, 0.3) is 0 Å². The number of hydrogen-bond donors (Lipinski definition) is 1. The average molecular weight is 273 g/mol. The molecule has 4 heteroatoms. The van der Waals surface area contributed by atoms with Gasteiger partial charge in [-0.25, -0.2) is 0 Å². The number of nitrogens with one attached hydrogen (secondary N) is 1. The number of nitrogens with zero attached hydrogens (tertiary/aromatic N) is 1. The molecule has 0 bridgehead atoms. The van der Waals surface area contributed by atoms with Crippen LogP contribution in [0.4, 0.5) is 0 Å². The first-order chi connectivity index (χ1) is 7.78. The van der Waals surface area contributed by atoms with E-state index in [0.29, 0.717) is 6.04 Å². The van der Waals surface area contributed by atoms with Gasteiger partial charge in [-0.2, -0.15) is 0 Å². The highest BCUT2D eigenvalue weighted by Crippen LogP contribution is 2.16. The number of hydrogen-bond acceptors (Lipinski definition) is 3. The molecule has 0 saturated carbocycles. The largest absolute Gasteiger partial charge is 0.312 e. The van der Waals surface area contributed by atoms with Crippen molar-refractivity contribution >= 4 is 24.2 Å². The molecule has 2 nitrogen and oxygen atoms in total. The zero-order valence-corrected chi connectivity index (χ0v) is 12.1. The molecule has 0 amide bonds. The van der Waals surface area contributed by atoms with Gasteiger partial charge < -0.3 is 5.32 Å². The second-order valence-electron chi connectivity index (χ2n) is 4.44. The summed E-state index contributed by atoms with van der Waals surface area (Å²) in [5.74, 6) is 0. The summed E-state index contributed by atoms with van der Waals surface area (Å²) < 4.78 is 0. The highest BCUT2D eigenvalue weighted by atomic mass is 35.5. The first-order valence-corrected chi connectivity index (χ1v) is 7.09. The average Bonchev–Trinajstić information content (AvgIpc) is 2.30. The van der Waals surface area contributed by atoms with Crippen LogP contribution in [-0.4, -0.2) is 36.8 Å². The first kappa shape index (κ1) is 14.8. The third kappa shape index (κ3) is 4.51. The molecule has 0 aromatic heterocycles. The fourth-order valence-electron chi connectivity index (χ4n) is 2.14. The van der Waals surface area contributed by atoms with E-state index in [1.807, 2.05) is 0 Å². The lowest BCUT2D eigenvalue weighted by molar-refractivity contribution is 0.199. The Labute approximate surface area is 115 Å². The molecule has 2 rings (SSSR count). The Hall–Kier alpha value is -0.220. The van der Waals surface area contributed by atoms with Crippen LogP contribution in [0.2, 0.25) is 0 Å². The van der Waals surface area contributed by atoms with Gasteiger partial charge in [-0.05, 0) is 30.9 Å². The number of benzene rings is 1. The lowest BCUT2D eigenvalue weighted by Gasteiger charge is -2.31. The van der Waals surface area contributed by atoms with E-state index in [0.717, 1.165) is 26.2 Å². The molecule has 1 heterocycles. The van der Waals surface area contributed by atoms with Gasteiger partial charge in [0.1, 0.15) is 0 Å². The van der Waals surface area contributed by atoms with Crippen molar-refractivity contribution in [3.05, 3.63) is 29.8 Å². The van der Waals surface area contributed by atoms with Crippen LogP contribution < -0.4 is 5.32 Å². The van der Waals surface area contributed by atoms with Gasteiger partial charge in [0.2, 0.25) is 0 Å². The van der Waals surface area contributed by atoms with Crippen molar-refractivity contribution in [3.63, 3.8) is 0 Å². The molecule has 1 fully saturated rings. The van der Waals surface area contributed by atoms with Crippen LogP contribution in [0.5, 0.6) is 0 Å². The summed E-state index contributed by atoms with van der Waals surface area (Å²) in [6, 6.07) is 9.55. The fourth-order valence-corrected chi connectivity index (χ4v) is 2.55. The van der Waals surface area contributed by atoms with Crippen molar-refractivity contribution in [3.8, 4) is 0 Å². The minimum Gasteiger partial charge on any atom is -0.312 e. The van der Waals surface area contributed by atoms with E-state index < -0.39 is 0 Å². The third-order valence-electron chi connectivity index (χ3n) is 3.02. The van der Waals surface area contributed by atoms with Gasteiger partial charge in [-0.3, -0.25) is 4.90 Å². The van der Waals surface area contributed by atoms with Crippen LogP contribution in [0.1, 0.15) is 12.5 Å². The molecule has 0 unspecified atom stereocenters. The van der Waals surface area contributed by atoms with E-state index in [9.17, 15) is 0 Å². The minimum absolute atomic E-state index is 0. The molecule has 1 saturated heterocycles. The van der Waals surface area contributed by atoms with Crippen molar-refractivity contribution in [2.75, 3.05) is 25.9 Å². The van der Waals surface area contributed by atoms with Crippen molar-refractivity contribution in [2.24, 2.45) is 0 Å². The molecule has 0 aliphatic carbocycles. The topological polar surface area (TPSA) is 15.3 Å². The number of halogens is 1. The second kappa shape index (κ2) is 7.27. The molecular formula is C13H21ClN2S. The summed E-state index contributed by atoms with van der Waals surface area (Å²) in [6.45, 7) is 6.77. The Balaban J connectivity index is 0.00000144. The summed E-state index contributed by atoms with van der Waals surface area (Å²) in [4.78, 5) is 3.87. The minimum atomic E-state index is 0. The molecule has 1 aromatic carbocycles. The second-order valence-corrected chi connectivity index (χ2v) is 5.32. The van der Waals surface area contributed by atoms with Crippen LogP contribution in [0.25, 0.3) is 0 Å². The first-order valence-electron chi connectivity index (χ1n) is 5.86. The molecule has 17 heavy (non-hydrogen) atoms. The Kier molecular flexibility index (Phi) is 6.34. The lowest BCUT2D eigenvalue weighted by Crippen LogP contribution is -2.48. The molecule has 1 atom stereocenters. The summed E-state index contributed by atoms with van der Waals surface area (Å²) >= 11 is 1.80. The Morgan fingerprint density at radius 1 is 1.35 bits per heavy atom. The zero-order valence-electron chi connectivity index (χ0n) is 10.5. The van der Waals surface area contributed by atoms with Crippen molar-refractivity contribution in [1.82, 2.24) is 10.2 Å². The maximum Gasteiger partial charge on any atom is 0.0234 e. The number of piperazine rings is 1. The number of rotatable bonds is 3. The normalized spacial score (nSPS) is 20.9. The maximum absolute atomic E-state index is 3.47. The van der Waals surface area contributed by atoms with Crippen LogP contribution in [0, 0.1) is 0 Å². The Bertz CT molecular complexity index is 329. The molecule has 1 aliphatic heterocycles. The smallest absolute Gasteiger partial charge is 0.0234 e. The highest BCUT2D eigenvalue weighted by Gasteiger charge is 2.15. The van der Waals surface area contributed by atoms with Crippen LogP contribution in [-0.2, 0) is 6.54 Å². The molecule has 1 N–H and O–H groups in total. The predicted octanol–water partition coefficient (Wildman–Crippen LogP) is 2.62. The molecule has 1 aliphatic rings.